The van der Waals surface area contributed by atoms with Gasteiger partial charge in [-0.05, 0) is 102 Å². The maximum atomic E-state index is 5.78. The molecule has 0 atom stereocenters. The second-order valence-corrected chi connectivity index (χ2v) is 9.65. The zero-order valence-corrected chi connectivity index (χ0v) is 20.2. The van der Waals surface area contributed by atoms with Crippen LogP contribution >= 0.6 is 0 Å². The van der Waals surface area contributed by atoms with E-state index in [0.29, 0.717) is 5.92 Å². The Morgan fingerprint density at radius 3 is 1.03 bits per heavy atom. The van der Waals surface area contributed by atoms with Crippen LogP contribution in [0, 0.1) is 5.92 Å². The molecule has 4 rings (SSSR count). The Morgan fingerprint density at radius 1 is 0.441 bits per heavy atom. The molecule has 0 amide bonds. The van der Waals surface area contributed by atoms with Crippen LogP contribution in [0.1, 0.15) is 53.1 Å². The number of anilines is 2. The molecule has 0 aromatic heterocycles. The number of benzene rings is 4. The minimum absolute atomic E-state index is 0.712. The molecule has 4 aromatic rings. The SMILES string of the molecule is CC(CCc1ccc(Cc2ccc(N)cc2)cc1)CCc1ccc(Cc2ccc(N)cc2)cc1. The van der Waals surface area contributed by atoms with Gasteiger partial charge in [-0.3, -0.25) is 0 Å². The molecule has 4 aromatic carbocycles. The molecular formula is C32H36N2. The standard InChI is InChI=1S/C32H36N2/c1-24(2-4-25-6-10-27(11-7-25)22-29-14-18-31(33)19-15-29)3-5-26-8-12-28(13-9-26)23-30-16-20-32(34)21-17-30/h6-21,24H,2-5,22-23,33-34H2,1H3. The van der Waals surface area contributed by atoms with E-state index in [-0.39, 0.29) is 0 Å². The van der Waals surface area contributed by atoms with Gasteiger partial charge in [0.15, 0.2) is 0 Å². The summed E-state index contributed by atoms with van der Waals surface area (Å²) in [7, 11) is 0. The monoisotopic (exact) mass is 448 g/mol. The summed E-state index contributed by atoms with van der Waals surface area (Å²) < 4.78 is 0. The molecule has 2 nitrogen and oxygen atoms in total. The molecule has 0 spiro atoms. The summed E-state index contributed by atoms with van der Waals surface area (Å²) >= 11 is 0. The van der Waals surface area contributed by atoms with E-state index in [1.807, 2.05) is 24.3 Å². The third kappa shape index (κ3) is 7.25. The van der Waals surface area contributed by atoms with Gasteiger partial charge in [-0.25, -0.2) is 0 Å². The van der Waals surface area contributed by atoms with Crippen molar-refractivity contribution in [2.75, 3.05) is 11.5 Å². The maximum absolute atomic E-state index is 5.78. The number of hydrogen-bond donors (Lipinski definition) is 2. The summed E-state index contributed by atoms with van der Waals surface area (Å²) in [6, 6.07) is 34.6. The average Bonchev–Trinajstić information content (AvgIpc) is 2.86. The van der Waals surface area contributed by atoms with E-state index >= 15 is 0 Å². The van der Waals surface area contributed by atoms with Crippen molar-refractivity contribution in [2.45, 2.75) is 45.4 Å². The highest BCUT2D eigenvalue weighted by atomic mass is 14.5. The van der Waals surface area contributed by atoms with Crippen molar-refractivity contribution >= 4 is 11.4 Å². The molecule has 174 valence electrons. The molecule has 4 N–H and O–H groups in total. The van der Waals surface area contributed by atoms with Crippen LogP contribution in [0.5, 0.6) is 0 Å². The lowest BCUT2D eigenvalue weighted by molar-refractivity contribution is 0.493. The van der Waals surface area contributed by atoms with E-state index in [1.165, 1.54) is 46.2 Å². The van der Waals surface area contributed by atoms with Gasteiger partial charge in [0.25, 0.3) is 0 Å². The molecular weight excluding hydrogens is 412 g/mol. The molecule has 0 aliphatic heterocycles. The number of nitrogen functional groups attached to an aromatic ring is 2. The van der Waals surface area contributed by atoms with Crippen molar-refractivity contribution < 1.29 is 0 Å². The van der Waals surface area contributed by atoms with Gasteiger partial charge in [-0.1, -0.05) is 79.7 Å². The predicted molar refractivity (Wildman–Crippen MR) is 146 cm³/mol. The van der Waals surface area contributed by atoms with Gasteiger partial charge >= 0.3 is 0 Å². The topological polar surface area (TPSA) is 52.0 Å². The molecule has 2 heteroatoms. The van der Waals surface area contributed by atoms with Crippen LogP contribution in [-0.2, 0) is 25.7 Å². The fourth-order valence-electron chi connectivity index (χ4n) is 4.36. The van der Waals surface area contributed by atoms with Crippen LogP contribution in [0.25, 0.3) is 0 Å². The van der Waals surface area contributed by atoms with E-state index in [2.05, 4.69) is 79.7 Å². The van der Waals surface area contributed by atoms with Crippen molar-refractivity contribution in [3.8, 4) is 0 Å². The van der Waals surface area contributed by atoms with Crippen molar-refractivity contribution in [3.05, 3.63) is 130 Å². The second kappa shape index (κ2) is 11.6. The largest absolute Gasteiger partial charge is 0.399 e. The van der Waals surface area contributed by atoms with Crippen LogP contribution in [-0.4, -0.2) is 0 Å². The molecule has 0 fully saturated rings. The lowest BCUT2D eigenvalue weighted by Crippen LogP contribution is -2.00. The first-order valence-corrected chi connectivity index (χ1v) is 12.4. The van der Waals surface area contributed by atoms with Gasteiger partial charge in [-0.2, -0.15) is 0 Å². The van der Waals surface area contributed by atoms with E-state index in [1.54, 1.807) is 0 Å². The van der Waals surface area contributed by atoms with Gasteiger partial charge in [-0.15, -0.1) is 0 Å². The third-order valence-corrected chi connectivity index (χ3v) is 6.67. The van der Waals surface area contributed by atoms with Crippen LogP contribution in [0.3, 0.4) is 0 Å². The third-order valence-electron chi connectivity index (χ3n) is 6.67. The van der Waals surface area contributed by atoms with E-state index in [4.69, 9.17) is 11.5 Å². The Bertz CT molecular complexity index is 1050. The summed E-state index contributed by atoms with van der Waals surface area (Å²) in [5, 5.41) is 0. The Kier molecular flexibility index (Phi) is 8.04. The zero-order valence-electron chi connectivity index (χ0n) is 20.2. The summed E-state index contributed by atoms with van der Waals surface area (Å²) in [5.41, 5.74) is 21.4. The lowest BCUT2D eigenvalue weighted by atomic mass is 9.93. The van der Waals surface area contributed by atoms with Gasteiger partial charge in [0, 0.05) is 11.4 Å². The molecule has 0 aliphatic rings. The van der Waals surface area contributed by atoms with E-state index in [9.17, 15) is 0 Å². The summed E-state index contributed by atoms with van der Waals surface area (Å²) in [5.74, 6) is 0.712. The maximum Gasteiger partial charge on any atom is 0.0314 e. The van der Waals surface area contributed by atoms with Crippen molar-refractivity contribution in [3.63, 3.8) is 0 Å². The fraction of sp³-hybridized carbons (Fsp3) is 0.250. The lowest BCUT2D eigenvalue weighted by Gasteiger charge is -2.12. The zero-order chi connectivity index (χ0) is 23.8. The molecule has 0 bridgehead atoms. The van der Waals surface area contributed by atoms with Crippen LogP contribution in [0.2, 0.25) is 0 Å². The van der Waals surface area contributed by atoms with Gasteiger partial charge in [0.05, 0.1) is 0 Å². The smallest absolute Gasteiger partial charge is 0.0314 e. The van der Waals surface area contributed by atoms with Gasteiger partial charge < -0.3 is 11.5 Å². The quantitative estimate of drug-likeness (QED) is 0.251. The highest BCUT2D eigenvalue weighted by molar-refractivity contribution is 5.41. The van der Waals surface area contributed by atoms with Crippen LogP contribution in [0.4, 0.5) is 11.4 Å². The van der Waals surface area contributed by atoms with Crippen molar-refractivity contribution in [2.24, 2.45) is 5.92 Å². The average molecular weight is 449 g/mol. The molecule has 34 heavy (non-hydrogen) atoms. The highest BCUT2D eigenvalue weighted by Gasteiger charge is 2.05. The fourth-order valence-corrected chi connectivity index (χ4v) is 4.36. The Hall–Kier alpha value is -3.52. The Labute approximate surface area is 204 Å². The summed E-state index contributed by atoms with van der Waals surface area (Å²) in [6.07, 6.45) is 6.65. The van der Waals surface area contributed by atoms with Gasteiger partial charge in [0.1, 0.15) is 0 Å². The number of rotatable bonds is 10. The Balaban J connectivity index is 1.19. The second-order valence-electron chi connectivity index (χ2n) is 9.65. The van der Waals surface area contributed by atoms with Crippen molar-refractivity contribution in [1.82, 2.24) is 0 Å². The van der Waals surface area contributed by atoms with E-state index in [0.717, 1.165) is 37.1 Å². The summed E-state index contributed by atoms with van der Waals surface area (Å²) in [4.78, 5) is 0. The molecule has 0 heterocycles. The van der Waals surface area contributed by atoms with Crippen molar-refractivity contribution in [1.29, 1.82) is 0 Å². The molecule has 0 aliphatic carbocycles. The molecule has 0 saturated carbocycles. The first-order valence-electron chi connectivity index (χ1n) is 12.4. The Morgan fingerprint density at radius 2 is 0.706 bits per heavy atom. The first-order chi connectivity index (χ1) is 16.5. The highest BCUT2D eigenvalue weighted by Crippen LogP contribution is 2.19. The van der Waals surface area contributed by atoms with Crippen LogP contribution in [0.15, 0.2) is 97.1 Å². The molecule has 0 radical (unpaired) electrons. The minimum atomic E-state index is 0.712. The van der Waals surface area contributed by atoms with E-state index < -0.39 is 0 Å². The number of aryl methyl sites for hydroxylation is 2. The van der Waals surface area contributed by atoms with Gasteiger partial charge in [0.2, 0.25) is 0 Å². The number of nitrogens with two attached hydrogens (primary N) is 2. The normalized spacial score (nSPS) is 11.1. The number of hydrogen-bond acceptors (Lipinski definition) is 2. The minimum Gasteiger partial charge on any atom is -0.399 e. The summed E-state index contributed by atoms with van der Waals surface area (Å²) in [6.45, 7) is 2.38. The van der Waals surface area contributed by atoms with Crippen LogP contribution < -0.4 is 11.5 Å². The predicted octanol–water partition coefficient (Wildman–Crippen LogP) is 7.23. The molecule has 0 unspecified atom stereocenters. The molecule has 0 saturated heterocycles. The first kappa shape index (κ1) is 23.6.